The maximum atomic E-state index is 12.6. The molecule has 3 rings (SSSR count). The number of nitrogens with one attached hydrogen (secondary N) is 1. The Morgan fingerprint density at radius 2 is 1.95 bits per heavy atom. The van der Waals surface area contributed by atoms with Crippen LogP contribution in [0.15, 0.2) is 79.9 Å². The molecule has 0 spiro atoms. The van der Waals surface area contributed by atoms with Crippen LogP contribution < -0.4 is 5.32 Å². The third-order valence-electron chi connectivity index (χ3n) is 6.05. The van der Waals surface area contributed by atoms with Gasteiger partial charge >= 0.3 is 12.1 Å². The van der Waals surface area contributed by atoms with Crippen LogP contribution in [0.1, 0.15) is 47.8 Å². The number of fused-ring (bicyclic) bond motifs is 1. The number of ether oxygens (including phenoxy) is 1. The number of benzene rings is 1. The lowest BCUT2D eigenvalue weighted by Crippen LogP contribution is -2.43. The molecule has 2 aromatic rings. The molecule has 0 aliphatic heterocycles. The van der Waals surface area contributed by atoms with E-state index in [9.17, 15) is 19.8 Å². The second kappa shape index (κ2) is 13.0. The number of hydrogen-bond donors (Lipinski definition) is 3. The number of alkyl carbamates (subject to hydrolysis) is 1. The van der Waals surface area contributed by atoms with Gasteiger partial charge in [-0.15, -0.1) is 0 Å². The molecule has 0 bridgehead atoms. The summed E-state index contributed by atoms with van der Waals surface area (Å²) in [6.07, 6.45) is 4.90. The Morgan fingerprint density at radius 1 is 1.21 bits per heavy atom. The number of carboxylic acid groups (broad SMARTS) is 1. The first kappa shape index (κ1) is 28.5. The largest absolute Gasteiger partial charge is 0.506 e. The molecule has 1 aromatic heterocycles. The van der Waals surface area contributed by atoms with Crippen LogP contribution in [-0.4, -0.2) is 45.7 Å². The molecule has 1 aromatic carbocycles. The predicted molar refractivity (Wildman–Crippen MR) is 154 cm³/mol. The molecule has 3 N–H and O–H groups in total. The molecule has 8 heteroatoms. The second-order valence-corrected chi connectivity index (χ2v) is 9.82. The summed E-state index contributed by atoms with van der Waals surface area (Å²) in [6, 6.07) is 10.3. The van der Waals surface area contributed by atoms with E-state index < -0.39 is 18.1 Å². The lowest BCUT2D eigenvalue weighted by atomic mass is 9.96. The van der Waals surface area contributed by atoms with E-state index in [-0.39, 0.29) is 24.0 Å². The Hall–Kier alpha value is -4.04. The number of nitrogens with zero attached hydrogens (tertiary/aromatic N) is 1. The molecule has 38 heavy (non-hydrogen) atoms. The number of rotatable bonds is 12. The smallest absolute Gasteiger partial charge is 0.407 e. The van der Waals surface area contributed by atoms with E-state index in [4.69, 9.17) is 4.74 Å². The summed E-state index contributed by atoms with van der Waals surface area (Å²) in [5, 5.41) is 22.0. The molecular formula is C30H32N2O5S. The molecule has 0 saturated heterocycles. The van der Waals surface area contributed by atoms with Crippen molar-refractivity contribution in [1.29, 1.82) is 0 Å². The van der Waals surface area contributed by atoms with Crippen LogP contribution in [0.2, 0.25) is 0 Å². The van der Waals surface area contributed by atoms with Crippen LogP contribution in [0.5, 0.6) is 0 Å². The number of thioether (sulfide) groups is 1. The number of allylic oxidation sites excluding steroid dienone is 5. The number of pyridine rings is 1. The first-order chi connectivity index (χ1) is 18.2. The fraction of sp³-hybridized carbons (Fsp3) is 0.233. The standard InChI is InChI=1S/C30H32N2O5S/c1-6-10-23-21(7-2)24-11-8-9-12-25(24)26(23)15-37-30(36)32-27(29(34)35)17-38-16-20-13-14-22(18(3)4)28(31-20)19(5)33/h6-14,26-27,33H,2-3,5,15-17H2,1,4H3,(H,32,36)(H,34,35)/b10-6-. The zero-order chi connectivity index (χ0) is 27.8. The molecule has 0 radical (unpaired) electrons. The lowest BCUT2D eigenvalue weighted by molar-refractivity contribution is -0.138. The second-order valence-electron chi connectivity index (χ2n) is 8.79. The fourth-order valence-electron chi connectivity index (χ4n) is 4.29. The highest BCUT2D eigenvalue weighted by Gasteiger charge is 2.30. The number of carboxylic acids is 1. The van der Waals surface area contributed by atoms with Crippen LogP contribution >= 0.6 is 11.8 Å². The van der Waals surface area contributed by atoms with E-state index in [1.807, 2.05) is 50.3 Å². The van der Waals surface area contributed by atoms with Gasteiger partial charge in [0.15, 0.2) is 0 Å². The van der Waals surface area contributed by atoms with Crippen molar-refractivity contribution in [1.82, 2.24) is 10.3 Å². The van der Waals surface area contributed by atoms with Crippen molar-refractivity contribution in [3.05, 3.63) is 108 Å². The molecule has 0 fully saturated rings. The Morgan fingerprint density at radius 3 is 2.58 bits per heavy atom. The van der Waals surface area contributed by atoms with Gasteiger partial charge in [0, 0.05) is 23.0 Å². The Bertz CT molecular complexity index is 1330. The number of carbonyl (C=O) groups is 2. The third kappa shape index (κ3) is 6.63. The van der Waals surface area contributed by atoms with E-state index in [0.717, 1.165) is 27.8 Å². The summed E-state index contributed by atoms with van der Waals surface area (Å²) in [5.74, 6) is -1.04. The minimum Gasteiger partial charge on any atom is -0.506 e. The van der Waals surface area contributed by atoms with Crippen molar-refractivity contribution in [3.63, 3.8) is 0 Å². The van der Waals surface area contributed by atoms with Crippen LogP contribution in [-0.2, 0) is 15.3 Å². The third-order valence-corrected chi connectivity index (χ3v) is 7.12. The maximum absolute atomic E-state index is 12.6. The molecule has 1 aliphatic rings. The SMILES string of the molecule is C=CC1=C(/C=C\C)C(COC(=O)NC(CSCc2ccc(C(=C)C)c(C(=C)O)n2)C(=O)O)c2ccccc21. The van der Waals surface area contributed by atoms with Gasteiger partial charge in [-0.1, -0.05) is 68.3 Å². The summed E-state index contributed by atoms with van der Waals surface area (Å²) in [5.41, 5.74) is 6.47. The van der Waals surface area contributed by atoms with Gasteiger partial charge in [-0.25, -0.2) is 14.6 Å². The summed E-state index contributed by atoms with van der Waals surface area (Å²) in [7, 11) is 0. The van der Waals surface area contributed by atoms with E-state index in [1.54, 1.807) is 18.2 Å². The zero-order valence-corrected chi connectivity index (χ0v) is 22.4. The number of aliphatic hydroxyl groups excluding tert-OH is 1. The molecule has 1 aliphatic carbocycles. The van der Waals surface area contributed by atoms with Crippen molar-refractivity contribution >= 4 is 40.7 Å². The van der Waals surface area contributed by atoms with Gasteiger partial charge in [-0.3, -0.25) is 0 Å². The van der Waals surface area contributed by atoms with E-state index >= 15 is 0 Å². The quantitative estimate of drug-likeness (QED) is 0.273. The molecular weight excluding hydrogens is 500 g/mol. The summed E-state index contributed by atoms with van der Waals surface area (Å²) < 4.78 is 5.49. The molecule has 1 heterocycles. The van der Waals surface area contributed by atoms with E-state index in [0.29, 0.717) is 22.7 Å². The molecule has 0 saturated carbocycles. The van der Waals surface area contributed by atoms with E-state index in [1.165, 1.54) is 11.8 Å². The number of aliphatic hydroxyl groups is 1. The molecule has 198 valence electrons. The van der Waals surface area contributed by atoms with Crippen molar-refractivity contribution in [2.24, 2.45) is 0 Å². The Balaban J connectivity index is 1.61. The summed E-state index contributed by atoms with van der Waals surface area (Å²) >= 11 is 1.29. The number of hydrogen-bond acceptors (Lipinski definition) is 6. The van der Waals surface area contributed by atoms with Crippen molar-refractivity contribution in [2.45, 2.75) is 31.6 Å². The normalized spacial score (nSPS) is 15.2. The van der Waals surface area contributed by atoms with Crippen LogP contribution in [0.25, 0.3) is 16.9 Å². The van der Waals surface area contributed by atoms with Gasteiger partial charge in [0.05, 0.1) is 5.69 Å². The first-order valence-electron chi connectivity index (χ1n) is 12.0. The first-order valence-corrected chi connectivity index (χ1v) is 13.2. The van der Waals surface area contributed by atoms with Gasteiger partial charge in [-0.2, -0.15) is 11.8 Å². The molecule has 1 amide bonds. The van der Waals surface area contributed by atoms with Gasteiger partial charge in [0.1, 0.15) is 24.1 Å². The number of aliphatic carboxylic acids is 1. The topological polar surface area (TPSA) is 109 Å². The highest BCUT2D eigenvalue weighted by Crippen LogP contribution is 2.43. The Labute approximate surface area is 227 Å². The molecule has 7 nitrogen and oxygen atoms in total. The summed E-state index contributed by atoms with van der Waals surface area (Å²) in [6.45, 7) is 15.1. The average molecular weight is 533 g/mol. The van der Waals surface area contributed by atoms with Gasteiger partial charge in [0.2, 0.25) is 0 Å². The average Bonchev–Trinajstić information content (AvgIpc) is 3.18. The molecule has 2 atom stereocenters. The number of carbonyl (C=O) groups excluding carboxylic acids is 1. The minimum atomic E-state index is -1.17. The van der Waals surface area contributed by atoms with Crippen molar-refractivity contribution in [2.75, 3.05) is 12.4 Å². The van der Waals surface area contributed by atoms with Gasteiger partial charge < -0.3 is 20.3 Å². The zero-order valence-electron chi connectivity index (χ0n) is 21.6. The molecule has 2 unspecified atom stereocenters. The maximum Gasteiger partial charge on any atom is 0.407 e. The lowest BCUT2D eigenvalue weighted by Gasteiger charge is -2.18. The van der Waals surface area contributed by atoms with Crippen molar-refractivity contribution < 1.29 is 24.5 Å². The highest BCUT2D eigenvalue weighted by molar-refractivity contribution is 7.98. The van der Waals surface area contributed by atoms with Crippen LogP contribution in [0, 0.1) is 0 Å². The van der Waals surface area contributed by atoms with E-state index in [2.05, 4.69) is 30.0 Å². The monoisotopic (exact) mass is 532 g/mol. The van der Waals surface area contributed by atoms with Crippen molar-refractivity contribution in [3.8, 4) is 0 Å². The van der Waals surface area contributed by atoms with Gasteiger partial charge in [-0.05, 0) is 47.8 Å². The predicted octanol–water partition coefficient (Wildman–Crippen LogP) is 6.37. The van der Waals surface area contributed by atoms with Crippen LogP contribution in [0.3, 0.4) is 0 Å². The number of amides is 1. The fourth-order valence-corrected chi connectivity index (χ4v) is 5.24. The number of aromatic nitrogens is 1. The summed E-state index contributed by atoms with van der Waals surface area (Å²) in [4.78, 5) is 28.8. The van der Waals surface area contributed by atoms with Gasteiger partial charge in [0.25, 0.3) is 0 Å². The highest BCUT2D eigenvalue weighted by atomic mass is 32.2. The van der Waals surface area contributed by atoms with Crippen LogP contribution in [0.4, 0.5) is 4.79 Å². The Kier molecular flexibility index (Phi) is 9.73. The minimum absolute atomic E-state index is 0.0617.